The first kappa shape index (κ1) is 12.1. The number of amides is 1. The van der Waals surface area contributed by atoms with E-state index in [1.54, 1.807) is 6.07 Å². The van der Waals surface area contributed by atoms with Gasteiger partial charge in [0.05, 0.1) is 25.0 Å². The van der Waals surface area contributed by atoms with E-state index in [-0.39, 0.29) is 5.91 Å². The molecule has 1 saturated heterocycles. The first-order chi connectivity index (χ1) is 8.36. The standard InChI is InChI=1S/C12H18N2O3/c15-12(11-2-7-17-10-11)13-3-1-4-14-5-8-16-9-6-14/h2,7,10H,1,3-6,8-9H2,(H,13,15). The lowest BCUT2D eigenvalue weighted by Crippen LogP contribution is -2.38. The summed E-state index contributed by atoms with van der Waals surface area (Å²) in [6, 6.07) is 1.66. The van der Waals surface area contributed by atoms with E-state index in [0.717, 1.165) is 39.3 Å². The average Bonchev–Trinajstić information content (AvgIpc) is 2.89. The van der Waals surface area contributed by atoms with Crippen molar-refractivity contribution in [2.24, 2.45) is 0 Å². The third-order valence-corrected chi connectivity index (χ3v) is 2.82. The zero-order valence-corrected chi connectivity index (χ0v) is 9.85. The van der Waals surface area contributed by atoms with Crippen LogP contribution in [0.2, 0.25) is 0 Å². The summed E-state index contributed by atoms with van der Waals surface area (Å²) < 4.78 is 10.1. The summed E-state index contributed by atoms with van der Waals surface area (Å²) in [5, 5.41) is 2.87. The van der Waals surface area contributed by atoms with Crippen LogP contribution in [0, 0.1) is 0 Å². The molecule has 0 unspecified atom stereocenters. The highest BCUT2D eigenvalue weighted by Crippen LogP contribution is 2.00. The molecule has 5 heteroatoms. The summed E-state index contributed by atoms with van der Waals surface area (Å²) in [6.45, 7) is 5.34. The fourth-order valence-electron chi connectivity index (χ4n) is 1.83. The number of hydrogen-bond donors (Lipinski definition) is 1. The van der Waals surface area contributed by atoms with E-state index in [1.165, 1.54) is 12.5 Å². The zero-order valence-electron chi connectivity index (χ0n) is 9.85. The Morgan fingerprint density at radius 2 is 2.24 bits per heavy atom. The van der Waals surface area contributed by atoms with E-state index >= 15 is 0 Å². The molecule has 0 saturated carbocycles. The van der Waals surface area contributed by atoms with Gasteiger partial charge in [0.1, 0.15) is 6.26 Å². The van der Waals surface area contributed by atoms with Crippen LogP contribution in [-0.4, -0.2) is 50.2 Å². The van der Waals surface area contributed by atoms with Gasteiger partial charge in [-0.25, -0.2) is 0 Å². The fourth-order valence-corrected chi connectivity index (χ4v) is 1.83. The average molecular weight is 238 g/mol. The maximum absolute atomic E-state index is 11.6. The molecule has 1 aliphatic rings. The van der Waals surface area contributed by atoms with Crippen molar-refractivity contribution in [3.8, 4) is 0 Å². The minimum atomic E-state index is -0.0688. The van der Waals surface area contributed by atoms with Crippen molar-refractivity contribution in [2.45, 2.75) is 6.42 Å². The number of morpholine rings is 1. The summed E-state index contributed by atoms with van der Waals surface area (Å²) in [7, 11) is 0. The van der Waals surface area contributed by atoms with Gasteiger partial charge in [-0.1, -0.05) is 0 Å². The van der Waals surface area contributed by atoms with Crippen molar-refractivity contribution in [1.29, 1.82) is 0 Å². The minimum Gasteiger partial charge on any atom is -0.472 e. The van der Waals surface area contributed by atoms with Crippen molar-refractivity contribution in [1.82, 2.24) is 10.2 Å². The van der Waals surface area contributed by atoms with Crippen molar-refractivity contribution in [2.75, 3.05) is 39.4 Å². The highest BCUT2D eigenvalue weighted by Gasteiger charge is 2.10. The molecule has 0 bridgehead atoms. The van der Waals surface area contributed by atoms with E-state index in [1.807, 2.05) is 0 Å². The second-order valence-corrected chi connectivity index (χ2v) is 4.08. The number of nitrogens with zero attached hydrogens (tertiary/aromatic N) is 1. The van der Waals surface area contributed by atoms with Crippen LogP contribution >= 0.6 is 0 Å². The zero-order chi connectivity index (χ0) is 11.9. The van der Waals surface area contributed by atoms with E-state index in [4.69, 9.17) is 9.15 Å². The normalized spacial score (nSPS) is 16.9. The van der Waals surface area contributed by atoms with Crippen molar-refractivity contribution in [3.63, 3.8) is 0 Å². The molecule has 1 N–H and O–H groups in total. The number of nitrogens with one attached hydrogen (secondary N) is 1. The van der Waals surface area contributed by atoms with Crippen LogP contribution in [0.3, 0.4) is 0 Å². The van der Waals surface area contributed by atoms with Crippen LogP contribution in [0.5, 0.6) is 0 Å². The number of furan rings is 1. The summed E-state index contributed by atoms with van der Waals surface area (Å²) in [5.41, 5.74) is 0.580. The summed E-state index contributed by atoms with van der Waals surface area (Å²) in [5.74, 6) is -0.0688. The van der Waals surface area contributed by atoms with Gasteiger partial charge >= 0.3 is 0 Å². The highest BCUT2D eigenvalue weighted by atomic mass is 16.5. The van der Waals surface area contributed by atoms with Crippen LogP contribution in [0.25, 0.3) is 0 Å². The van der Waals surface area contributed by atoms with Crippen LogP contribution in [0.4, 0.5) is 0 Å². The maximum Gasteiger partial charge on any atom is 0.254 e. The molecule has 1 aromatic heterocycles. The number of carbonyl (C=O) groups is 1. The summed E-state index contributed by atoms with van der Waals surface area (Å²) >= 11 is 0. The molecule has 1 aliphatic heterocycles. The molecular weight excluding hydrogens is 220 g/mol. The van der Waals surface area contributed by atoms with E-state index in [0.29, 0.717) is 12.1 Å². The second kappa shape index (κ2) is 6.42. The SMILES string of the molecule is O=C(NCCCN1CCOCC1)c1ccoc1. The quantitative estimate of drug-likeness (QED) is 0.768. The third kappa shape index (κ3) is 3.87. The highest BCUT2D eigenvalue weighted by molar-refractivity contribution is 5.93. The molecule has 1 fully saturated rings. The Bertz CT molecular complexity index is 332. The van der Waals surface area contributed by atoms with Crippen LogP contribution in [0.15, 0.2) is 23.0 Å². The van der Waals surface area contributed by atoms with Gasteiger partial charge in [0, 0.05) is 19.6 Å². The van der Waals surface area contributed by atoms with Crippen molar-refractivity contribution in [3.05, 3.63) is 24.2 Å². The van der Waals surface area contributed by atoms with Crippen molar-refractivity contribution >= 4 is 5.91 Å². The third-order valence-electron chi connectivity index (χ3n) is 2.82. The monoisotopic (exact) mass is 238 g/mol. The molecule has 5 nitrogen and oxygen atoms in total. The topological polar surface area (TPSA) is 54.7 Å². The largest absolute Gasteiger partial charge is 0.472 e. The number of hydrogen-bond acceptors (Lipinski definition) is 4. The molecular formula is C12H18N2O3. The van der Waals surface area contributed by atoms with Gasteiger partial charge in [-0.05, 0) is 19.0 Å². The van der Waals surface area contributed by atoms with Crippen LogP contribution in [0.1, 0.15) is 16.8 Å². The Balaban J connectivity index is 1.58. The fraction of sp³-hybridized carbons (Fsp3) is 0.583. The van der Waals surface area contributed by atoms with Gasteiger partial charge in [-0.2, -0.15) is 0 Å². The first-order valence-electron chi connectivity index (χ1n) is 5.97. The van der Waals surface area contributed by atoms with Crippen LogP contribution < -0.4 is 5.32 Å². The molecule has 0 spiro atoms. The van der Waals surface area contributed by atoms with Gasteiger partial charge in [-0.15, -0.1) is 0 Å². The van der Waals surface area contributed by atoms with Gasteiger partial charge in [0.25, 0.3) is 5.91 Å². The Hall–Kier alpha value is -1.33. The maximum atomic E-state index is 11.6. The van der Waals surface area contributed by atoms with Gasteiger partial charge in [0.15, 0.2) is 0 Å². The predicted molar refractivity (Wildman–Crippen MR) is 62.9 cm³/mol. The Kier molecular flexibility index (Phi) is 4.58. The molecule has 1 amide bonds. The Morgan fingerprint density at radius 3 is 2.94 bits per heavy atom. The van der Waals surface area contributed by atoms with E-state index < -0.39 is 0 Å². The molecule has 0 aromatic carbocycles. The molecule has 2 rings (SSSR count). The lowest BCUT2D eigenvalue weighted by molar-refractivity contribution is 0.0374. The molecule has 1 aromatic rings. The molecule has 94 valence electrons. The van der Waals surface area contributed by atoms with Gasteiger partial charge in [-0.3, -0.25) is 9.69 Å². The predicted octanol–water partition coefficient (Wildman–Crippen LogP) is 0.732. The van der Waals surface area contributed by atoms with Crippen LogP contribution in [-0.2, 0) is 4.74 Å². The van der Waals surface area contributed by atoms with Gasteiger partial charge < -0.3 is 14.5 Å². The molecule has 0 radical (unpaired) electrons. The van der Waals surface area contributed by atoms with Gasteiger partial charge in [0.2, 0.25) is 0 Å². The first-order valence-corrected chi connectivity index (χ1v) is 5.97. The molecule has 0 aliphatic carbocycles. The van der Waals surface area contributed by atoms with Crippen molar-refractivity contribution < 1.29 is 13.9 Å². The molecule has 17 heavy (non-hydrogen) atoms. The Labute approximate surface area is 101 Å². The number of carbonyl (C=O) groups excluding carboxylic acids is 1. The lowest BCUT2D eigenvalue weighted by Gasteiger charge is -2.26. The smallest absolute Gasteiger partial charge is 0.254 e. The minimum absolute atomic E-state index is 0.0688. The molecule has 0 atom stereocenters. The Morgan fingerprint density at radius 1 is 1.41 bits per heavy atom. The summed E-state index contributed by atoms with van der Waals surface area (Å²) in [4.78, 5) is 13.9. The molecule has 2 heterocycles. The van der Waals surface area contributed by atoms with E-state index in [9.17, 15) is 4.79 Å². The number of ether oxygens (including phenoxy) is 1. The summed E-state index contributed by atoms with van der Waals surface area (Å²) in [6.07, 6.45) is 3.92. The lowest BCUT2D eigenvalue weighted by atomic mass is 10.3. The van der Waals surface area contributed by atoms with E-state index in [2.05, 4.69) is 10.2 Å². The number of rotatable bonds is 5. The second-order valence-electron chi connectivity index (χ2n) is 4.08.